The van der Waals surface area contributed by atoms with E-state index >= 15 is 0 Å². The molecular formula is C15H26N2. The van der Waals surface area contributed by atoms with Crippen molar-refractivity contribution in [2.45, 2.75) is 34.6 Å². The second kappa shape index (κ2) is 5.95. The summed E-state index contributed by atoms with van der Waals surface area (Å²) in [6.07, 6.45) is 0. The van der Waals surface area contributed by atoms with Crippen LogP contribution < -0.4 is 11.1 Å². The zero-order valence-corrected chi connectivity index (χ0v) is 11.7. The SMILES string of the molecule is Cc1cc(N)cc(NCC(C(C)C)C(C)C)c1. The molecule has 0 spiro atoms. The van der Waals surface area contributed by atoms with Crippen molar-refractivity contribution in [3.8, 4) is 0 Å². The van der Waals surface area contributed by atoms with Crippen molar-refractivity contribution in [3.63, 3.8) is 0 Å². The summed E-state index contributed by atoms with van der Waals surface area (Å²) in [7, 11) is 0. The highest BCUT2D eigenvalue weighted by Crippen LogP contribution is 2.22. The number of anilines is 2. The highest BCUT2D eigenvalue weighted by molar-refractivity contribution is 5.56. The van der Waals surface area contributed by atoms with E-state index in [1.807, 2.05) is 12.1 Å². The van der Waals surface area contributed by atoms with Crippen LogP contribution in [0.15, 0.2) is 18.2 Å². The summed E-state index contributed by atoms with van der Waals surface area (Å²) in [4.78, 5) is 0. The van der Waals surface area contributed by atoms with E-state index in [-0.39, 0.29) is 0 Å². The molecule has 0 atom stereocenters. The van der Waals surface area contributed by atoms with Crippen molar-refractivity contribution in [2.75, 3.05) is 17.6 Å². The second-order valence-corrected chi connectivity index (χ2v) is 5.67. The van der Waals surface area contributed by atoms with Gasteiger partial charge in [-0.3, -0.25) is 0 Å². The van der Waals surface area contributed by atoms with Gasteiger partial charge in [-0.05, 0) is 48.4 Å². The second-order valence-electron chi connectivity index (χ2n) is 5.67. The van der Waals surface area contributed by atoms with Gasteiger partial charge in [0.2, 0.25) is 0 Å². The van der Waals surface area contributed by atoms with Crippen molar-refractivity contribution in [2.24, 2.45) is 17.8 Å². The number of hydrogen-bond acceptors (Lipinski definition) is 2. The molecule has 2 heteroatoms. The Bertz CT molecular complexity index is 328. The summed E-state index contributed by atoms with van der Waals surface area (Å²) in [6.45, 7) is 12.2. The van der Waals surface area contributed by atoms with Gasteiger partial charge < -0.3 is 11.1 Å². The van der Waals surface area contributed by atoms with Gasteiger partial charge in [0.1, 0.15) is 0 Å². The van der Waals surface area contributed by atoms with E-state index in [1.54, 1.807) is 0 Å². The van der Waals surface area contributed by atoms with E-state index in [0.717, 1.165) is 17.9 Å². The first-order valence-electron chi connectivity index (χ1n) is 6.51. The Balaban J connectivity index is 2.65. The summed E-state index contributed by atoms with van der Waals surface area (Å²) in [5, 5.41) is 3.51. The fourth-order valence-electron chi connectivity index (χ4n) is 2.39. The van der Waals surface area contributed by atoms with Crippen LogP contribution in [0.2, 0.25) is 0 Å². The van der Waals surface area contributed by atoms with Crippen molar-refractivity contribution in [3.05, 3.63) is 23.8 Å². The predicted molar refractivity (Wildman–Crippen MR) is 77.2 cm³/mol. The fraction of sp³-hybridized carbons (Fsp3) is 0.600. The molecule has 96 valence electrons. The van der Waals surface area contributed by atoms with E-state index in [2.05, 4.69) is 46.0 Å². The molecule has 0 amide bonds. The fourth-order valence-corrected chi connectivity index (χ4v) is 2.39. The molecule has 3 N–H and O–H groups in total. The molecule has 0 radical (unpaired) electrons. The highest BCUT2D eigenvalue weighted by Gasteiger charge is 2.16. The molecule has 0 aliphatic carbocycles. The van der Waals surface area contributed by atoms with Gasteiger partial charge in [0.05, 0.1) is 0 Å². The summed E-state index contributed by atoms with van der Waals surface area (Å²) in [6, 6.07) is 6.15. The van der Waals surface area contributed by atoms with Gasteiger partial charge in [0.15, 0.2) is 0 Å². The van der Waals surface area contributed by atoms with Gasteiger partial charge in [-0.25, -0.2) is 0 Å². The Morgan fingerprint density at radius 3 is 2.12 bits per heavy atom. The van der Waals surface area contributed by atoms with Crippen LogP contribution >= 0.6 is 0 Å². The molecule has 0 saturated heterocycles. The van der Waals surface area contributed by atoms with Gasteiger partial charge in [-0.2, -0.15) is 0 Å². The van der Waals surface area contributed by atoms with Crippen molar-refractivity contribution < 1.29 is 0 Å². The number of aryl methyl sites for hydroxylation is 1. The molecule has 0 saturated carbocycles. The summed E-state index contributed by atoms with van der Waals surface area (Å²) in [5.74, 6) is 2.09. The largest absolute Gasteiger partial charge is 0.399 e. The minimum absolute atomic E-state index is 0.691. The first-order chi connectivity index (χ1) is 7.90. The topological polar surface area (TPSA) is 38.0 Å². The van der Waals surface area contributed by atoms with E-state index in [9.17, 15) is 0 Å². The summed E-state index contributed by atoms with van der Waals surface area (Å²) in [5.41, 5.74) is 9.02. The smallest absolute Gasteiger partial charge is 0.0363 e. The lowest BCUT2D eigenvalue weighted by atomic mass is 9.85. The lowest BCUT2D eigenvalue weighted by Crippen LogP contribution is -2.24. The van der Waals surface area contributed by atoms with Gasteiger partial charge >= 0.3 is 0 Å². The molecule has 0 unspecified atom stereocenters. The van der Waals surface area contributed by atoms with Crippen LogP contribution in [0.25, 0.3) is 0 Å². The highest BCUT2D eigenvalue weighted by atomic mass is 14.9. The molecule has 0 heterocycles. The Labute approximate surface area is 106 Å². The normalized spacial score (nSPS) is 11.5. The minimum Gasteiger partial charge on any atom is -0.399 e. The first kappa shape index (κ1) is 13.9. The van der Waals surface area contributed by atoms with Crippen LogP contribution in [0, 0.1) is 24.7 Å². The van der Waals surface area contributed by atoms with Gasteiger partial charge in [-0.15, -0.1) is 0 Å². The maximum Gasteiger partial charge on any atom is 0.0363 e. The third kappa shape index (κ3) is 4.29. The number of nitrogens with two attached hydrogens (primary N) is 1. The summed E-state index contributed by atoms with van der Waals surface area (Å²) < 4.78 is 0. The van der Waals surface area contributed by atoms with Crippen molar-refractivity contribution in [1.82, 2.24) is 0 Å². The van der Waals surface area contributed by atoms with Crippen LogP contribution in [0.4, 0.5) is 11.4 Å². The maximum atomic E-state index is 5.85. The molecule has 2 nitrogen and oxygen atoms in total. The monoisotopic (exact) mass is 234 g/mol. The van der Waals surface area contributed by atoms with Crippen molar-refractivity contribution >= 4 is 11.4 Å². The van der Waals surface area contributed by atoms with Crippen LogP contribution in [0.3, 0.4) is 0 Å². The van der Waals surface area contributed by atoms with Gasteiger partial charge in [-0.1, -0.05) is 27.7 Å². The average molecular weight is 234 g/mol. The zero-order valence-electron chi connectivity index (χ0n) is 11.7. The Kier molecular flexibility index (Phi) is 4.86. The summed E-state index contributed by atoms with van der Waals surface area (Å²) >= 11 is 0. The Hall–Kier alpha value is -1.18. The van der Waals surface area contributed by atoms with Crippen LogP contribution in [0.1, 0.15) is 33.3 Å². The lowest BCUT2D eigenvalue weighted by Gasteiger charge is -2.25. The Morgan fingerprint density at radius 2 is 1.65 bits per heavy atom. The van der Waals surface area contributed by atoms with Gasteiger partial charge in [0, 0.05) is 17.9 Å². The lowest BCUT2D eigenvalue weighted by molar-refractivity contribution is 0.304. The number of nitrogens with one attached hydrogen (secondary N) is 1. The Morgan fingerprint density at radius 1 is 1.06 bits per heavy atom. The molecule has 0 fully saturated rings. The van der Waals surface area contributed by atoms with Crippen LogP contribution in [0.5, 0.6) is 0 Å². The predicted octanol–water partition coefficient (Wildman–Crippen LogP) is 3.92. The van der Waals surface area contributed by atoms with E-state index in [4.69, 9.17) is 5.73 Å². The first-order valence-corrected chi connectivity index (χ1v) is 6.51. The van der Waals surface area contributed by atoms with Crippen LogP contribution in [-0.4, -0.2) is 6.54 Å². The minimum atomic E-state index is 0.691. The van der Waals surface area contributed by atoms with E-state index in [0.29, 0.717) is 17.8 Å². The molecule has 1 aromatic carbocycles. The molecule has 0 aliphatic heterocycles. The number of hydrogen-bond donors (Lipinski definition) is 2. The number of benzene rings is 1. The molecule has 0 aliphatic rings. The third-order valence-electron chi connectivity index (χ3n) is 3.35. The number of rotatable bonds is 5. The molecule has 1 rings (SSSR count). The van der Waals surface area contributed by atoms with E-state index in [1.165, 1.54) is 5.56 Å². The standard InChI is InChI=1S/C15H26N2/c1-10(2)15(11(3)4)9-17-14-7-12(5)6-13(16)8-14/h6-8,10-11,15,17H,9,16H2,1-5H3. The quantitative estimate of drug-likeness (QED) is 0.758. The zero-order chi connectivity index (χ0) is 13.0. The molecule has 0 bridgehead atoms. The van der Waals surface area contributed by atoms with Gasteiger partial charge in [0.25, 0.3) is 0 Å². The number of nitrogen functional groups attached to an aromatic ring is 1. The molecular weight excluding hydrogens is 208 g/mol. The third-order valence-corrected chi connectivity index (χ3v) is 3.35. The molecule has 0 aromatic heterocycles. The van der Waals surface area contributed by atoms with E-state index < -0.39 is 0 Å². The van der Waals surface area contributed by atoms with Crippen molar-refractivity contribution in [1.29, 1.82) is 0 Å². The average Bonchev–Trinajstić information content (AvgIpc) is 2.14. The van der Waals surface area contributed by atoms with Crippen LogP contribution in [-0.2, 0) is 0 Å². The molecule has 1 aromatic rings. The maximum absolute atomic E-state index is 5.85. The molecule has 17 heavy (non-hydrogen) atoms.